The van der Waals surface area contributed by atoms with Crippen LogP contribution in [0.4, 0.5) is 0 Å². The van der Waals surface area contributed by atoms with Gasteiger partial charge in [0.1, 0.15) is 5.54 Å². The van der Waals surface area contributed by atoms with Crippen molar-refractivity contribution in [2.24, 2.45) is 5.73 Å². The number of fused-ring (bicyclic) bond motifs is 1. The number of nitrogens with one attached hydrogen (secondary N) is 1. The molecule has 0 radical (unpaired) electrons. The summed E-state index contributed by atoms with van der Waals surface area (Å²) in [6.07, 6.45) is 6.13. The molecule has 25 heavy (non-hydrogen) atoms. The predicted molar refractivity (Wildman–Crippen MR) is 91.0 cm³/mol. The van der Waals surface area contributed by atoms with Crippen LogP contribution in [-0.2, 0) is 4.79 Å². The Morgan fingerprint density at radius 1 is 1.28 bits per heavy atom. The number of amides is 2. The Balaban J connectivity index is 1.73. The molecule has 2 aliphatic rings. The van der Waals surface area contributed by atoms with E-state index in [2.05, 4.69) is 15.5 Å². The number of nitrogens with zero attached hydrogens (tertiary/aromatic N) is 2. The first-order valence-electron chi connectivity index (χ1n) is 8.89. The molecular formula is C18H22N4O3. The summed E-state index contributed by atoms with van der Waals surface area (Å²) in [5.41, 5.74) is 7.00. The fourth-order valence-electron chi connectivity index (χ4n) is 3.75. The average Bonchev–Trinajstić information content (AvgIpc) is 3.39. The lowest BCUT2D eigenvalue weighted by Crippen LogP contribution is -2.58. The van der Waals surface area contributed by atoms with Crippen molar-refractivity contribution in [1.29, 1.82) is 0 Å². The molecule has 132 valence electrons. The van der Waals surface area contributed by atoms with Gasteiger partial charge in [0.2, 0.25) is 5.91 Å². The number of carbonyl (C=O) groups excluding carboxylic acids is 2. The summed E-state index contributed by atoms with van der Waals surface area (Å²) in [4.78, 5) is 29.6. The highest BCUT2D eigenvalue weighted by molar-refractivity contribution is 6.08. The van der Waals surface area contributed by atoms with Crippen LogP contribution in [-0.4, -0.2) is 27.5 Å². The molecule has 0 spiro atoms. The van der Waals surface area contributed by atoms with Crippen molar-refractivity contribution in [2.75, 3.05) is 0 Å². The first-order chi connectivity index (χ1) is 12.0. The highest BCUT2D eigenvalue weighted by Gasteiger charge is 2.40. The van der Waals surface area contributed by atoms with E-state index in [0.717, 1.165) is 37.8 Å². The normalized spacial score (nSPS) is 19.7. The monoisotopic (exact) mass is 342 g/mol. The van der Waals surface area contributed by atoms with Crippen molar-refractivity contribution in [3.8, 4) is 0 Å². The minimum absolute atomic E-state index is 0.304. The largest absolute Gasteiger partial charge is 0.368 e. The molecular weight excluding hydrogens is 320 g/mol. The van der Waals surface area contributed by atoms with E-state index >= 15 is 0 Å². The topological polar surface area (TPSA) is 111 Å². The van der Waals surface area contributed by atoms with Gasteiger partial charge in [-0.15, -0.1) is 0 Å². The summed E-state index contributed by atoms with van der Waals surface area (Å²) >= 11 is 0. The second-order valence-electron chi connectivity index (χ2n) is 7.28. The number of primary amides is 1. The Bertz CT molecular complexity index is 847. The van der Waals surface area contributed by atoms with Crippen LogP contribution in [0.15, 0.2) is 10.6 Å². The van der Waals surface area contributed by atoms with Crippen LogP contribution in [0.25, 0.3) is 11.1 Å². The van der Waals surface area contributed by atoms with E-state index in [9.17, 15) is 9.59 Å². The van der Waals surface area contributed by atoms with Crippen LogP contribution >= 0.6 is 0 Å². The molecule has 7 heteroatoms. The zero-order chi connectivity index (χ0) is 17.6. The van der Waals surface area contributed by atoms with E-state index in [0.29, 0.717) is 41.1 Å². The van der Waals surface area contributed by atoms with Gasteiger partial charge in [-0.1, -0.05) is 24.4 Å². The molecule has 7 nitrogen and oxygen atoms in total. The second kappa shape index (κ2) is 5.82. The van der Waals surface area contributed by atoms with Crippen LogP contribution in [0.2, 0.25) is 0 Å². The van der Waals surface area contributed by atoms with E-state index in [1.54, 1.807) is 6.92 Å². The molecule has 0 aliphatic heterocycles. The quantitative estimate of drug-likeness (QED) is 0.886. The molecule has 0 aromatic carbocycles. The molecule has 2 saturated carbocycles. The third-order valence-electron chi connectivity index (χ3n) is 5.41. The summed E-state index contributed by atoms with van der Waals surface area (Å²) in [5.74, 6) is -0.391. The SMILES string of the molecule is Cc1noc2nc(C3CC3)cc(C(=O)NC3(C(N)=O)CCCCC3)c12. The summed E-state index contributed by atoms with van der Waals surface area (Å²) in [6, 6.07) is 1.82. The Morgan fingerprint density at radius 2 is 2.00 bits per heavy atom. The van der Waals surface area contributed by atoms with E-state index in [-0.39, 0.29) is 5.91 Å². The minimum atomic E-state index is -0.963. The molecule has 0 atom stereocenters. The lowest BCUT2D eigenvalue weighted by Gasteiger charge is -2.35. The Hall–Kier alpha value is -2.44. The van der Waals surface area contributed by atoms with Crippen LogP contribution in [0.3, 0.4) is 0 Å². The summed E-state index contributed by atoms with van der Waals surface area (Å²) in [6.45, 7) is 1.78. The molecule has 2 amide bonds. The number of aryl methyl sites for hydroxylation is 1. The molecule has 2 aliphatic carbocycles. The molecule has 0 saturated heterocycles. The van der Waals surface area contributed by atoms with Gasteiger partial charge < -0.3 is 15.6 Å². The zero-order valence-corrected chi connectivity index (χ0v) is 14.3. The van der Waals surface area contributed by atoms with Gasteiger partial charge in [0.05, 0.1) is 16.6 Å². The van der Waals surface area contributed by atoms with Gasteiger partial charge in [0.25, 0.3) is 11.6 Å². The smallest absolute Gasteiger partial charge is 0.259 e. The maximum Gasteiger partial charge on any atom is 0.259 e. The molecule has 2 aromatic heterocycles. The lowest BCUT2D eigenvalue weighted by atomic mass is 9.81. The zero-order valence-electron chi connectivity index (χ0n) is 14.3. The van der Waals surface area contributed by atoms with Crippen molar-refractivity contribution >= 4 is 22.9 Å². The molecule has 0 bridgehead atoms. The lowest BCUT2D eigenvalue weighted by molar-refractivity contribution is -0.125. The van der Waals surface area contributed by atoms with E-state index in [1.165, 1.54) is 0 Å². The molecule has 4 rings (SSSR count). The average molecular weight is 342 g/mol. The van der Waals surface area contributed by atoms with Gasteiger partial charge in [-0.25, -0.2) is 4.98 Å². The minimum Gasteiger partial charge on any atom is -0.368 e. The van der Waals surface area contributed by atoms with E-state index in [4.69, 9.17) is 10.3 Å². The number of carbonyl (C=O) groups is 2. The fraction of sp³-hybridized carbons (Fsp3) is 0.556. The number of aromatic nitrogens is 2. The fourth-order valence-corrected chi connectivity index (χ4v) is 3.75. The van der Waals surface area contributed by atoms with E-state index in [1.807, 2.05) is 6.07 Å². The van der Waals surface area contributed by atoms with Gasteiger partial charge in [0, 0.05) is 11.6 Å². The first-order valence-corrected chi connectivity index (χ1v) is 8.89. The van der Waals surface area contributed by atoms with Crippen molar-refractivity contribution in [1.82, 2.24) is 15.5 Å². The number of pyridine rings is 1. The number of nitrogens with two attached hydrogens (primary N) is 1. The number of hydrogen-bond acceptors (Lipinski definition) is 5. The molecule has 3 N–H and O–H groups in total. The second-order valence-corrected chi connectivity index (χ2v) is 7.28. The molecule has 2 heterocycles. The third kappa shape index (κ3) is 2.77. The summed E-state index contributed by atoms with van der Waals surface area (Å²) in [7, 11) is 0. The van der Waals surface area contributed by atoms with Crippen molar-refractivity contribution in [3.05, 3.63) is 23.0 Å². The Kier molecular flexibility index (Phi) is 3.74. The number of rotatable bonds is 4. The van der Waals surface area contributed by atoms with Gasteiger partial charge >= 0.3 is 0 Å². The standard InChI is InChI=1S/C18H22N4O3/c1-10-14-12(9-13(11-5-6-11)20-16(14)25-22-10)15(23)21-18(17(19)24)7-3-2-4-8-18/h9,11H,2-8H2,1H3,(H2,19,24)(H,21,23). The maximum atomic E-state index is 13.1. The Labute approximate surface area is 145 Å². The number of hydrogen-bond donors (Lipinski definition) is 2. The van der Waals surface area contributed by atoms with Crippen molar-refractivity contribution < 1.29 is 14.1 Å². The first kappa shape index (κ1) is 16.1. The van der Waals surface area contributed by atoms with Crippen molar-refractivity contribution in [3.63, 3.8) is 0 Å². The highest BCUT2D eigenvalue weighted by Crippen LogP contribution is 2.40. The van der Waals surface area contributed by atoms with Gasteiger partial charge in [-0.3, -0.25) is 9.59 Å². The van der Waals surface area contributed by atoms with Crippen LogP contribution < -0.4 is 11.1 Å². The van der Waals surface area contributed by atoms with Gasteiger partial charge in [-0.2, -0.15) is 0 Å². The molecule has 2 aromatic rings. The van der Waals surface area contributed by atoms with Crippen molar-refractivity contribution in [2.45, 2.75) is 63.3 Å². The maximum absolute atomic E-state index is 13.1. The molecule has 0 unspecified atom stereocenters. The summed E-state index contributed by atoms with van der Waals surface area (Å²) < 4.78 is 5.29. The van der Waals surface area contributed by atoms with E-state index < -0.39 is 11.4 Å². The summed E-state index contributed by atoms with van der Waals surface area (Å²) in [5, 5.41) is 7.49. The van der Waals surface area contributed by atoms with Crippen LogP contribution in [0.5, 0.6) is 0 Å². The van der Waals surface area contributed by atoms with Gasteiger partial charge in [0.15, 0.2) is 0 Å². The Morgan fingerprint density at radius 3 is 2.64 bits per heavy atom. The van der Waals surface area contributed by atoms with Gasteiger partial charge in [-0.05, 0) is 38.7 Å². The third-order valence-corrected chi connectivity index (χ3v) is 5.41. The predicted octanol–water partition coefficient (Wildman–Crippen LogP) is 2.33. The molecule has 2 fully saturated rings. The highest BCUT2D eigenvalue weighted by atomic mass is 16.5. The van der Waals surface area contributed by atoms with Crippen LogP contribution in [0.1, 0.15) is 72.6 Å². The van der Waals surface area contributed by atoms with Crippen LogP contribution in [0, 0.1) is 6.92 Å².